The van der Waals surface area contributed by atoms with Gasteiger partial charge in [-0.05, 0) is 0 Å². The molecule has 1 unspecified atom stereocenters. The standard InChI is InChI=1S/C13H17N5O7/c14-8(19)4-16-9(20)5-17-13(25)7(3-15-6-12(23)24)18-10(21)1-2-11(18)22/h1-2,7,15H,3-6H2,(H2,14,19)(H,16,20)(H,17,25)(H,23,24). The van der Waals surface area contributed by atoms with Gasteiger partial charge in [-0.3, -0.25) is 33.7 Å². The second-order valence-corrected chi connectivity index (χ2v) is 4.88. The van der Waals surface area contributed by atoms with Crippen molar-refractivity contribution in [2.24, 2.45) is 5.73 Å². The second kappa shape index (κ2) is 9.12. The van der Waals surface area contributed by atoms with Gasteiger partial charge in [-0.2, -0.15) is 0 Å². The number of rotatable bonds is 10. The lowest BCUT2D eigenvalue weighted by molar-refractivity contribution is -0.145. The lowest BCUT2D eigenvalue weighted by atomic mass is 10.2. The van der Waals surface area contributed by atoms with Gasteiger partial charge in [0.15, 0.2) is 0 Å². The van der Waals surface area contributed by atoms with Crippen molar-refractivity contribution < 1.29 is 33.9 Å². The molecule has 0 aromatic rings. The van der Waals surface area contributed by atoms with Gasteiger partial charge in [0.05, 0.1) is 19.6 Å². The van der Waals surface area contributed by atoms with Gasteiger partial charge in [-0.1, -0.05) is 0 Å². The number of carboxylic acids is 1. The molecule has 0 saturated heterocycles. The summed E-state index contributed by atoms with van der Waals surface area (Å²) in [5, 5.41) is 15.4. The zero-order valence-corrected chi connectivity index (χ0v) is 13.0. The van der Waals surface area contributed by atoms with Crippen molar-refractivity contribution in [1.82, 2.24) is 20.9 Å². The summed E-state index contributed by atoms with van der Waals surface area (Å²) in [4.78, 5) is 68.8. The molecule has 6 N–H and O–H groups in total. The molecular formula is C13H17N5O7. The molecule has 1 aliphatic heterocycles. The van der Waals surface area contributed by atoms with E-state index in [1.54, 1.807) is 0 Å². The first kappa shape index (κ1) is 19.8. The van der Waals surface area contributed by atoms with Gasteiger partial charge < -0.3 is 26.8 Å². The van der Waals surface area contributed by atoms with Crippen LogP contribution >= 0.6 is 0 Å². The lowest BCUT2D eigenvalue weighted by Gasteiger charge is -2.25. The molecule has 0 saturated carbocycles. The van der Waals surface area contributed by atoms with Crippen LogP contribution in [0.2, 0.25) is 0 Å². The molecule has 0 radical (unpaired) electrons. The Balaban J connectivity index is 2.67. The van der Waals surface area contributed by atoms with Crippen molar-refractivity contribution in [3.05, 3.63) is 12.2 Å². The van der Waals surface area contributed by atoms with Crippen LogP contribution in [-0.2, 0) is 28.8 Å². The molecule has 5 amide bonds. The van der Waals surface area contributed by atoms with Crippen molar-refractivity contribution >= 4 is 35.5 Å². The number of nitrogens with two attached hydrogens (primary N) is 1. The van der Waals surface area contributed by atoms with E-state index in [9.17, 15) is 28.8 Å². The average Bonchev–Trinajstić information content (AvgIpc) is 2.86. The summed E-state index contributed by atoms with van der Waals surface area (Å²) < 4.78 is 0. The predicted molar refractivity (Wildman–Crippen MR) is 80.5 cm³/mol. The Morgan fingerprint density at radius 3 is 2.16 bits per heavy atom. The third-order valence-corrected chi connectivity index (χ3v) is 2.95. The summed E-state index contributed by atoms with van der Waals surface area (Å²) in [6, 6.07) is -1.35. The van der Waals surface area contributed by atoms with Crippen LogP contribution in [0.4, 0.5) is 0 Å². The maximum Gasteiger partial charge on any atom is 0.317 e. The van der Waals surface area contributed by atoms with E-state index < -0.39 is 61.2 Å². The highest BCUT2D eigenvalue weighted by Gasteiger charge is 2.35. The first-order valence-electron chi connectivity index (χ1n) is 7.02. The summed E-state index contributed by atoms with van der Waals surface area (Å²) in [5.41, 5.74) is 4.85. The summed E-state index contributed by atoms with van der Waals surface area (Å²) in [6.45, 7) is -1.75. The Morgan fingerprint density at radius 2 is 1.64 bits per heavy atom. The maximum absolute atomic E-state index is 12.2. The number of carboxylic acid groups (broad SMARTS) is 1. The van der Waals surface area contributed by atoms with Crippen LogP contribution in [-0.4, -0.2) is 77.7 Å². The van der Waals surface area contributed by atoms with Crippen molar-refractivity contribution in [2.75, 3.05) is 26.2 Å². The summed E-state index contributed by atoms with van der Waals surface area (Å²) in [6.07, 6.45) is 1.94. The van der Waals surface area contributed by atoms with Crippen LogP contribution in [0.3, 0.4) is 0 Å². The van der Waals surface area contributed by atoms with Gasteiger partial charge in [-0.25, -0.2) is 0 Å². The number of imide groups is 1. The highest BCUT2D eigenvalue weighted by atomic mass is 16.4. The van der Waals surface area contributed by atoms with Gasteiger partial charge in [-0.15, -0.1) is 0 Å². The number of carbonyl (C=O) groups excluding carboxylic acids is 5. The fraction of sp³-hybridized carbons (Fsp3) is 0.385. The fourth-order valence-corrected chi connectivity index (χ4v) is 1.87. The number of nitrogens with zero attached hydrogens (tertiary/aromatic N) is 1. The molecule has 0 bridgehead atoms. The molecule has 25 heavy (non-hydrogen) atoms. The first-order chi connectivity index (χ1) is 11.7. The summed E-state index contributed by atoms with van der Waals surface area (Å²) >= 11 is 0. The van der Waals surface area contributed by atoms with Crippen LogP contribution in [0.25, 0.3) is 0 Å². The van der Waals surface area contributed by atoms with E-state index in [0.29, 0.717) is 4.90 Å². The predicted octanol–water partition coefficient (Wildman–Crippen LogP) is -4.33. The molecule has 0 aromatic heterocycles. The number of hydrogen-bond donors (Lipinski definition) is 5. The smallest absolute Gasteiger partial charge is 0.317 e. The zero-order valence-electron chi connectivity index (χ0n) is 13.0. The molecular weight excluding hydrogens is 338 g/mol. The quantitative estimate of drug-likeness (QED) is 0.243. The summed E-state index contributed by atoms with van der Waals surface area (Å²) in [5.74, 6) is -4.99. The highest BCUT2D eigenvalue weighted by molar-refractivity contribution is 6.15. The number of aliphatic carboxylic acids is 1. The lowest BCUT2D eigenvalue weighted by Crippen LogP contribution is -2.55. The van der Waals surface area contributed by atoms with E-state index >= 15 is 0 Å². The molecule has 12 nitrogen and oxygen atoms in total. The van der Waals surface area contributed by atoms with E-state index in [2.05, 4.69) is 16.0 Å². The Labute approximate surface area is 141 Å². The second-order valence-electron chi connectivity index (χ2n) is 4.88. The molecule has 136 valence electrons. The fourth-order valence-electron chi connectivity index (χ4n) is 1.87. The van der Waals surface area contributed by atoms with Gasteiger partial charge in [0.1, 0.15) is 6.04 Å². The number of carbonyl (C=O) groups is 6. The van der Waals surface area contributed by atoms with Crippen LogP contribution in [0.1, 0.15) is 0 Å². The van der Waals surface area contributed by atoms with Crippen LogP contribution in [0.15, 0.2) is 12.2 Å². The number of hydrogen-bond acceptors (Lipinski definition) is 7. The van der Waals surface area contributed by atoms with Gasteiger partial charge in [0.2, 0.25) is 17.7 Å². The van der Waals surface area contributed by atoms with Crippen LogP contribution in [0, 0.1) is 0 Å². The minimum atomic E-state index is -1.35. The van der Waals surface area contributed by atoms with Crippen molar-refractivity contribution in [3.63, 3.8) is 0 Å². The van der Waals surface area contributed by atoms with Crippen molar-refractivity contribution in [1.29, 1.82) is 0 Å². The van der Waals surface area contributed by atoms with Crippen molar-refractivity contribution in [3.8, 4) is 0 Å². The molecule has 1 atom stereocenters. The molecule has 1 rings (SSSR count). The molecule has 0 aliphatic carbocycles. The normalized spacial score (nSPS) is 14.3. The maximum atomic E-state index is 12.2. The molecule has 0 fully saturated rings. The Kier molecular flexibility index (Phi) is 7.21. The van der Waals surface area contributed by atoms with E-state index in [4.69, 9.17) is 10.8 Å². The number of nitrogens with one attached hydrogen (secondary N) is 3. The van der Waals surface area contributed by atoms with E-state index in [-0.39, 0.29) is 6.54 Å². The van der Waals surface area contributed by atoms with Gasteiger partial charge in [0, 0.05) is 18.7 Å². The Hall–Kier alpha value is -3.28. The largest absolute Gasteiger partial charge is 0.480 e. The molecule has 12 heteroatoms. The topological polar surface area (TPSA) is 188 Å². The first-order valence-corrected chi connectivity index (χ1v) is 7.02. The minimum Gasteiger partial charge on any atom is -0.480 e. The summed E-state index contributed by atoms with van der Waals surface area (Å²) in [7, 11) is 0. The molecule has 0 aromatic carbocycles. The Bertz CT molecular complexity index is 612. The molecule has 1 heterocycles. The molecule has 0 spiro atoms. The van der Waals surface area contributed by atoms with Gasteiger partial charge in [0.25, 0.3) is 11.8 Å². The third kappa shape index (κ3) is 6.39. The average molecular weight is 355 g/mol. The van der Waals surface area contributed by atoms with E-state index in [0.717, 1.165) is 12.2 Å². The molecule has 1 aliphatic rings. The monoisotopic (exact) mass is 355 g/mol. The Morgan fingerprint density at radius 1 is 1.04 bits per heavy atom. The van der Waals surface area contributed by atoms with E-state index in [1.165, 1.54) is 0 Å². The SMILES string of the molecule is NC(=O)CNC(=O)CNC(=O)C(CNCC(=O)O)N1C(=O)C=CC1=O. The van der Waals surface area contributed by atoms with Crippen LogP contribution < -0.4 is 21.7 Å². The van der Waals surface area contributed by atoms with Crippen LogP contribution in [0.5, 0.6) is 0 Å². The number of primary amides is 1. The minimum absolute atomic E-state index is 0.319. The highest BCUT2D eigenvalue weighted by Crippen LogP contribution is 2.09. The zero-order chi connectivity index (χ0) is 19.0. The third-order valence-electron chi connectivity index (χ3n) is 2.95. The van der Waals surface area contributed by atoms with Crippen molar-refractivity contribution in [2.45, 2.75) is 6.04 Å². The van der Waals surface area contributed by atoms with Gasteiger partial charge >= 0.3 is 5.97 Å². The number of amides is 5. The van der Waals surface area contributed by atoms with E-state index in [1.807, 2.05) is 0 Å².